The largest absolute Gasteiger partial charge is 0.507 e. The minimum atomic E-state index is -0.998. The quantitative estimate of drug-likeness (QED) is 0.160. The molecule has 0 aliphatic carbocycles. The zero-order valence-corrected chi connectivity index (χ0v) is 22.7. The maximum atomic E-state index is 13.6. The minimum absolute atomic E-state index is 0.0975. The SMILES string of the molecule is COC(=O)c1ccc(C2/C(=C(/O)c3ccc4c(c3)OCCO4)C(=O)C(=O)N2c2nc3c(C)cc(C)cc3s2)cc1. The van der Waals surface area contributed by atoms with Gasteiger partial charge in [-0.2, -0.15) is 0 Å². The first kappa shape index (κ1) is 25.6. The Hall–Kier alpha value is -4.70. The number of anilines is 1. The van der Waals surface area contributed by atoms with Crippen LogP contribution in [-0.4, -0.2) is 48.1 Å². The van der Waals surface area contributed by atoms with Gasteiger partial charge in [0.05, 0.1) is 34.5 Å². The number of fused-ring (bicyclic) bond motifs is 2. The van der Waals surface area contributed by atoms with Gasteiger partial charge in [0.25, 0.3) is 5.78 Å². The van der Waals surface area contributed by atoms with Crippen LogP contribution < -0.4 is 14.4 Å². The fourth-order valence-corrected chi connectivity index (χ4v) is 6.24. The second-order valence-electron chi connectivity index (χ2n) is 9.57. The van der Waals surface area contributed by atoms with E-state index in [0.29, 0.717) is 46.5 Å². The highest BCUT2D eigenvalue weighted by Gasteiger charge is 2.48. The summed E-state index contributed by atoms with van der Waals surface area (Å²) in [6, 6.07) is 14.2. The summed E-state index contributed by atoms with van der Waals surface area (Å²) in [5.74, 6) is -1.57. The summed E-state index contributed by atoms with van der Waals surface area (Å²) in [5.41, 5.74) is 3.76. The zero-order chi connectivity index (χ0) is 28.1. The summed E-state index contributed by atoms with van der Waals surface area (Å²) < 4.78 is 16.9. The van der Waals surface area contributed by atoms with Crippen molar-refractivity contribution in [3.05, 3.63) is 88.0 Å². The molecule has 2 aliphatic heterocycles. The first-order chi connectivity index (χ1) is 19.3. The molecule has 0 radical (unpaired) electrons. The molecule has 3 heterocycles. The summed E-state index contributed by atoms with van der Waals surface area (Å²) in [6.07, 6.45) is 0. The number of nitrogens with zero attached hydrogens (tertiary/aromatic N) is 2. The Balaban J connectivity index is 1.54. The molecule has 6 rings (SSSR count). The number of hydrogen-bond acceptors (Lipinski definition) is 9. The van der Waals surface area contributed by atoms with Gasteiger partial charge in [0, 0.05) is 5.56 Å². The predicted octanol–water partition coefficient (Wildman–Crippen LogP) is 5.10. The lowest BCUT2D eigenvalue weighted by atomic mass is 9.94. The molecular formula is C30H24N2O7S. The standard InChI is InChI=1S/C30H24N2O7S/c1-15-12-16(2)24-22(13-15)40-30(31-24)32-25(17-4-6-18(7-5-17)29(36)37-3)23(27(34)28(32)35)26(33)19-8-9-20-21(14-19)39-11-10-38-20/h4-9,12-14,25,33H,10-11H2,1-3H3/b26-23-. The van der Waals surface area contributed by atoms with Crippen molar-refractivity contribution in [2.75, 3.05) is 25.2 Å². The molecule has 9 nitrogen and oxygen atoms in total. The van der Waals surface area contributed by atoms with E-state index in [0.717, 1.165) is 21.3 Å². The molecule has 0 bridgehead atoms. The van der Waals surface area contributed by atoms with Crippen LogP contribution >= 0.6 is 11.3 Å². The number of aryl methyl sites for hydroxylation is 2. The highest BCUT2D eigenvalue weighted by atomic mass is 32.1. The molecule has 202 valence electrons. The number of aromatic nitrogens is 1. The van der Waals surface area contributed by atoms with Crippen LogP contribution in [-0.2, 0) is 14.3 Å². The van der Waals surface area contributed by atoms with Gasteiger partial charge < -0.3 is 19.3 Å². The minimum Gasteiger partial charge on any atom is -0.507 e. The Kier molecular flexibility index (Phi) is 6.26. The smallest absolute Gasteiger partial charge is 0.337 e. The van der Waals surface area contributed by atoms with Crippen molar-refractivity contribution in [2.45, 2.75) is 19.9 Å². The van der Waals surface area contributed by atoms with Crippen LogP contribution in [0.3, 0.4) is 0 Å². The molecule has 1 atom stereocenters. The number of aliphatic hydroxyl groups excluding tert-OH is 1. The van der Waals surface area contributed by atoms with Crippen LogP contribution in [0.4, 0.5) is 5.13 Å². The number of methoxy groups -OCH3 is 1. The Morgan fingerprint density at radius 1 is 1.00 bits per heavy atom. The van der Waals surface area contributed by atoms with Gasteiger partial charge in [-0.15, -0.1) is 0 Å². The Morgan fingerprint density at radius 2 is 1.70 bits per heavy atom. The van der Waals surface area contributed by atoms with Crippen molar-refractivity contribution >= 4 is 50.1 Å². The zero-order valence-electron chi connectivity index (χ0n) is 21.9. The number of esters is 1. The number of benzene rings is 3. The maximum absolute atomic E-state index is 13.6. The second-order valence-corrected chi connectivity index (χ2v) is 10.6. The van der Waals surface area contributed by atoms with E-state index in [1.807, 2.05) is 26.0 Å². The van der Waals surface area contributed by atoms with Crippen LogP contribution in [0.1, 0.15) is 38.7 Å². The average molecular weight is 557 g/mol. The lowest BCUT2D eigenvalue weighted by molar-refractivity contribution is -0.132. The van der Waals surface area contributed by atoms with Gasteiger partial charge in [0.2, 0.25) is 0 Å². The van der Waals surface area contributed by atoms with Gasteiger partial charge >= 0.3 is 11.9 Å². The van der Waals surface area contributed by atoms with Crippen LogP contribution in [0.5, 0.6) is 11.5 Å². The number of amides is 1. The fraction of sp³-hybridized carbons (Fsp3) is 0.200. The van der Waals surface area contributed by atoms with Crippen molar-refractivity contribution in [3.8, 4) is 11.5 Å². The summed E-state index contributed by atoms with van der Waals surface area (Å²) in [7, 11) is 1.29. The van der Waals surface area contributed by atoms with E-state index in [9.17, 15) is 19.5 Å². The van der Waals surface area contributed by atoms with Gasteiger partial charge in [-0.25, -0.2) is 9.78 Å². The van der Waals surface area contributed by atoms with E-state index in [4.69, 9.17) is 19.2 Å². The van der Waals surface area contributed by atoms with Crippen molar-refractivity contribution in [2.24, 2.45) is 0 Å². The van der Waals surface area contributed by atoms with Crippen molar-refractivity contribution in [1.82, 2.24) is 4.98 Å². The van der Waals surface area contributed by atoms with Gasteiger partial charge in [-0.3, -0.25) is 14.5 Å². The Morgan fingerprint density at radius 3 is 2.42 bits per heavy atom. The third-order valence-corrected chi connectivity index (χ3v) is 7.93. The van der Waals surface area contributed by atoms with E-state index in [1.165, 1.54) is 23.3 Å². The van der Waals surface area contributed by atoms with Crippen molar-refractivity contribution in [3.63, 3.8) is 0 Å². The summed E-state index contributed by atoms with van der Waals surface area (Å²) >= 11 is 1.29. The highest BCUT2D eigenvalue weighted by Crippen LogP contribution is 2.45. The number of rotatable bonds is 4. The van der Waals surface area contributed by atoms with Gasteiger partial charge in [0.1, 0.15) is 19.0 Å². The van der Waals surface area contributed by atoms with E-state index in [1.54, 1.807) is 42.5 Å². The molecule has 40 heavy (non-hydrogen) atoms. The number of hydrogen-bond donors (Lipinski definition) is 1. The molecule has 1 N–H and O–H groups in total. The lowest BCUT2D eigenvalue weighted by Gasteiger charge is -2.23. The number of carbonyl (C=O) groups excluding carboxylic acids is 3. The molecular weight excluding hydrogens is 532 g/mol. The number of ether oxygens (including phenoxy) is 3. The van der Waals surface area contributed by atoms with Crippen molar-refractivity contribution in [1.29, 1.82) is 0 Å². The molecule has 2 aliphatic rings. The summed E-state index contributed by atoms with van der Waals surface area (Å²) in [6.45, 7) is 4.68. The Labute approximate surface area is 233 Å². The molecule has 1 fully saturated rings. The molecule has 0 spiro atoms. The maximum Gasteiger partial charge on any atom is 0.337 e. The van der Waals surface area contributed by atoms with Gasteiger partial charge in [0.15, 0.2) is 16.6 Å². The lowest BCUT2D eigenvalue weighted by Crippen LogP contribution is -2.29. The predicted molar refractivity (Wildman–Crippen MR) is 149 cm³/mol. The first-order valence-electron chi connectivity index (χ1n) is 12.5. The average Bonchev–Trinajstić information content (AvgIpc) is 3.50. The van der Waals surface area contributed by atoms with Crippen LogP contribution in [0.15, 0.2) is 60.2 Å². The number of thiazole rings is 1. The van der Waals surface area contributed by atoms with E-state index in [-0.39, 0.29) is 11.3 Å². The topological polar surface area (TPSA) is 115 Å². The fourth-order valence-electron chi connectivity index (χ4n) is 5.07. The third-order valence-electron chi connectivity index (χ3n) is 6.93. The number of carbonyl (C=O) groups is 3. The van der Waals surface area contributed by atoms with Crippen molar-refractivity contribution < 1.29 is 33.7 Å². The molecule has 1 saturated heterocycles. The third kappa shape index (κ3) is 4.17. The van der Waals surface area contributed by atoms with Crippen LogP contribution in [0.2, 0.25) is 0 Å². The Bertz CT molecular complexity index is 1740. The molecule has 0 saturated carbocycles. The molecule has 3 aromatic carbocycles. The monoisotopic (exact) mass is 556 g/mol. The van der Waals surface area contributed by atoms with E-state index >= 15 is 0 Å². The second kappa shape index (κ2) is 9.80. The summed E-state index contributed by atoms with van der Waals surface area (Å²) in [5, 5.41) is 11.8. The van der Waals surface area contributed by atoms with Crippen LogP contribution in [0, 0.1) is 13.8 Å². The molecule has 1 amide bonds. The first-order valence-corrected chi connectivity index (χ1v) is 13.4. The normalized spacial score (nSPS) is 17.9. The molecule has 10 heteroatoms. The van der Waals surface area contributed by atoms with Gasteiger partial charge in [-0.1, -0.05) is 29.5 Å². The van der Waals surface area contributed by atoms with Gasteiger partial charge in [-0.05, 0) is 66.9 Å². The molecule has 4 aromatic rings. The number of Topliss-reactive ketones (excluding diaryl/α,β-unsaturated/α-hetero) is 1. The number of aliphatic hydroxyl groups is 1. The highest BCUT2D eigenvalue weighted by molar-refractivity contribution is 7.22. The molecule has 1 aromatic heterocycles. The summed E-state index contributed by atoms with van der Waals surface area (Å²) in [4.78, 5) is 45.3. The van der Waals surface area contributed by atoms with Crippen LogP contribution in [0.25, 0.3) is 16.0 Å². The van der Waals surface area contributed by atoms with E-state index in [2.05, 4.69) is 0 Å². The molecule has 1 unspecified atom stereocenters. The number of ketones is 1. The van der Waals surface area contributed by atoms with E-state index < -0.39 is 23.7 Å².